The Morgan fingerprint density at radius 1 is 1.10 bits per heavy atom. The molecule has 29 heavy (non-hydrogen) atoms. The Hall–Kier alpha value is -1.77. The first-order chi connectivity index (χ1) is 13.6. The number of carbonyl (C=O) groups excluding carboxylic acids is 2. The molecule has 154 valence electrons. The lowest BCUT2D eigenvalue weighted by Gasteiger charge is -2.17. The van der Waals surface area contributed by atoms with Crippen molar-refractivity contribution in [3.05, 3.63) is 38.2 Å². The normalized spacial score (nSPS) is 11.8. The quantitative estimate of drug-likeness (QED) is 0.315. The van der Waals surface area contributed by atoms with Gasteiger partial charge in [-0.2, -0.15) is 0 Å². The van der Waals surface area contributed by atoms with Crippen molar-refractivity contribution in [1.82, 2.24) is 15.3 Å². The highest BCUT2D eigenvalue weighted by molar-refractivity contribution is 8.00. The monoisotopic (exact) mass is 447 g/mol. The Labute approximate surface area is 183 Å². The van der Waals surface area contributed by atoms with E-state index in [1.54, 1.807) is 11.3 Å². The van der Waals surface area contributed by atoms with E-state index in [-0.39, 0.29) is 11.7 Å². The topological polar surface area (TPSA) is 72.0 Å². The van der Waals surface area contributed by atoms with Gasteiger partial charge in [-0.25, -0.2) is 9.97 Å². The largest absolute Gasteiger partial charge is 0.351 e. The highest BCUT2D eigenvalue weighted by atomic mass is 32.2. The third kappa shape index (κ3) is 5.05. The first-order valence-electron chi connectivity index (χ1n) is 9.33. The van der Waals surface area contributed by atoms with Crippen LogP contribution in [0.1, 0.15) is 51.6 Å². The Morgan fingerprint density at radius 2 is 1.83 bits per heavy atom. The molecule has 0 aliphatic heterocycles. The predicted molar refractivity (Wildman–Crippen MR) is 122 cm³/mol. The molecule has 0 aromatic carbocycles. The summed E-state index contributed by atoms with van der Waals surface area (Å²) in [7, 11) is 0. The van der Waals surface area contributed by atoms with Gasteiger partial charge in [-0.1, -0.05) is 32.5 Å². The molecule has 3 rings (SSSR count). The lowest BCUT2D eigenvalue weighted by Crippen LogP contribution is -2.34. The van der Waals surface area contributed by atoms with Gasteiger partial charge >= 0.3 is 0 Å². The molecule has 0 fully saturated rings. The molecule has 1 amide bonds. The van der Waals surface area contributed by atoms with E-state index in [9.17, 15) is 9.59 Å². The number of thioether (sulfide) groups is 1. The summed E-state index contributed by atoms with van der Waals surface area (Å²) in [4.78, 5) is 37.7. The lowest BCUT2D eigenvalue weighted by molar-refractivity contribution is -0.128. The number of thiophene rings is 2. The summed E-state index contributed by atoms with van der Waals surface area (Å²) >= 11 is 4.57. The van der Waals surface area contributed by atoms with Crippen molar-refractivity contribution in [2.45, 2.75) is 53.1 Å². The molecule has 0 saturated heterocycles. The van der Waals surface area contributed by atoms with Crippen molar-refractivity contribution in [2.24, 2.45) is 5.41 Å². The second kappa shape index (κ2) is 8.53. The number of hydrogen-bond donors (Lipinski definition) is 1. The number of carbonyl (C=O) groups is 2. The van der Waals surface area contributed by atoms with Crippen molar-refractivity contribution in [1.29, 1.82) is 0 Å². The van der Waals surface area contributed by atoms with Crippen molar-refractivity contribution in [2.75, 3.05) is 5.75 Å². The molecule has 0 spiro atoms. The van der Waals surface area contributed by atoms with Gasteiger partial charge in [0.15, 0.2) is 5.78 Å². The van der Waals surface area contributed by atoms with Crippen LogP contribution in [-0.2, 0) is 11.3 Å². The number of nitrogens with zero attached hydrogens (tertiary/aromatic N) is 2. The minimum absolute atomic E-state index is 0.00101. The molecule has 5 nitrogen and oxygen atoms in total. The summed E-state index contributed by atoms with van der Waals surface area (Å²) in [6, 6.07) is 3.75. The van der Waals surface area contributed by atoms with Crippen LogP contribution >= 0.6 is 34.4 Å². The molecule has 0 bridgehead atoms. The van der Waals surface area contributed by atoms with E-state index in [4.69, 9.17) is 0 Å². The van der Waals surface area contributed by atoms with E-state index in [1.165, 1.54) is 33.5 Å². The summed E-state index contributed by atoms with van der Waals surface area (Å²) in [6.45, 7) is 12.1. The molecule has 0 aliphatic rings. The molecule has 3 aromatic heterocycles. The van der Waals surface area contributed by atoms with Gasteiger partial charge in [0.1, 0.15) is 15.7 Å². The standard InChI is InChI=1S/C21H25N3O2S3/c1-11-12(2)28-19-17(11)18(23-13(3)24-19)27-10-15(25)16-8-7-14(29-16)9-22-20(26)21(4,5)6/h7-8H,9-10H2,1-6H3,(H,22,26). The van der Waals surface area contributed by atoms with E-state index in [1.807, 2.05) is 39.8 Å². The molecule has 8 heteroatoms. The van der Waals surface area contributed by atoms with E-state index in [0.29, 0.717) is 17.2 Å². The zero-order chi connectivity index (χ0) is 21.3. The van der Waals surface area contributed by atoms with E-state index < -0.39 is 5.41 Å². The van der Waals surface area contributed by atoms with Crippen LogP contribution in [0.25, 0.3) is 10.2 Å². The molecular formula is C21H25N3O2S3. The summed E-state index contributed by atoms with van der Waals surface area (Å²) in [6.07, 6.45) is 0. The maximum absolute atomic E-state index is 12.7. The van der Waals surface area contributed by atoms with Crippen LogP contribution in [0.15, 0.2) is 17.2 Å². The summed E-state index contributed by atoms with van der Waals surface area (Å²) in [5.74, 6) is 1.12. The fraction of sp³-hybridized carbons (Fsp3) is 0.429. The fourth-order valence-corrected chi connectivity index (χ4v) is 5.81. The molecule has 0 unspecified atom stereocenters. The van der Waals surface area contributed by atoms with Gasteiger partial charge in [0, 0.05) is 20.6 Å². The smallest absolute Gasteiger partial charge is 0.225 e. The average molecular weight is 448 g/mol. The Morgan fingerprint density at radius 3 is 2.52 bits per heavy atom. The van der Waals surface area contributed by atoms with Crippen LogP contribution in [-0.4, -0.2) is 27.4 Å². The van der Waals surface area contributed by atoms with Crippen molar-refractivity contribution in [3.63, 3.8) is 0 Å². The lowest BCUT2D eigenvalue weighted by atomic mass is 9.96. The first kappa shape index (κ1) is 21.9. The molecule has 1 N–H and O–H groups in total. The van der Waals surface area contributed by atoms with Gasteiger partial charge in [-0.3, -0.25) is 9.59 Å². The van der Waals surface area contributed by atoms with Gasteiger partial charge in [0.05, 0.1) is 17.2 Å². The second-order valence-corrected chi connectivity index (χ2v) is 11.3. The summed E-state index contributed by atoms with van der Waals surface area (Å²) in [5, 5.41) is 4.86. The van der Waals surface area contributed by atoms with Crippen LogP contribution < -0.4 is 5.32 Å². The molecule has 3 heterocycles. The Balaban J connectivity index is 1.67. The highest BCUT2D eigenvalue weighted by Gasteiger charge is 2.21. The maximum atomic E-state index is 12.7. The minimum Gasteiger partial charge on any atom is -0.351 e. The zero-order valence-electron chi connectivity index (χ0n) is 17.5. The SMILES string of the molecule is Cc1nc(SCC(=O)c2ccc(CNC(=O)C(C)(C)C)s2)c2c(C)c(C)sc2n1. The average Bonchev–Trinajstić information content (AvgIpc) is 3.21. The maximum Gasteiger partial charge on any atom is 0.225 e. The molecule has 3 aromatic rings. The predicted octanol–water partition coefficient (Wildman–Crippen LogP) is 5.32. The number of aromatic nitrogens is 2. The number of Topliss-reactive ketones (excluding diaryl/α,β-unsaturated/α-hetero) is 1. The van der Waals surface area contributed by atoms with E-state index in [2.05, 4.69) is 29.1 Å². The van der Waals surface area contributed by atoms with Crippen LogP contribution in [0.5, 0.6) is 0 Å². The van der Waals surface area contributed by atoms with Crippen LogP contribution in [0.4, 0.5) is 0 Å². The zero-order valence-corrected chi connectivity index (χ0v) is 20.0. The van der Waals surface area contributed by atoms with Gasteiger partial charge in [0.25, 0.3) is 0 Å². The van der Waals surface area contributed by atoms with E-state index in [0.717, 1.165) is 25.9 Å². The van der Waals surface area contributed by atoms with Gasteiger partial charge < -0.3 is 5.32 Å². The second-order valence-electron chi connectivity index (χ2n) is 7.95. The van der Waals surface area contributed by atoms with Crippen molar-refractivity contribution < 1.29 is 9.59 Å². The third-order valence-electron chi connectivity index (χ3n) is 4.49. The fourth-order valence-electron chi connectivity index (χ4n) is 2.68. The number of ketones is 1. The van der Waals surface area contributed by atoms with Crippen LogP contribution in [0, 0.1) is 26.2 Å². The number of fused-ring (bicyclic) bond motifs is 1. The number of rotatable bonds is 6. The third-order valence-corrected chi connectivity index (χ3v) is 7.69. The van der Waals surface area contributed by atoms with Crippen LogP contribution in [0.2, 0.25) is 0 Å². The molecular weight excluding hydrogens is 422 g/mol. The van der Waals surface area contributed by atoms with E-state index >= 15 is 0 Å². The van der Waals surface area contributed by atoms with Crippen molar-refractivity contribution >= 4 is 56.3 Å². The van der Waals surface area contributed by atoms with Gasteiger partial charge in [0.2, 0.25) is 5.91 Å². The number of nitrogens with one attached hydrogen (secondary N) is 1. The molecule has 0 aliphatic carbocycles. The molecule has 0 saturated carbocycles. The summed E-state index contributed by atoms with van der Waals surface area (Å²) < 4.78 is 0. The Kier molecular flexibility index (Phi) is 6.45. The summed E-state index contributed by atoms with van der Waals surface area (Å²) in [5.41, 5.74) is 0.763. The molecule has 0 radical (unpaired) electrons. The number of aryl methyl sites for hydroxylation is 3. The Bertz CT molecular complexity index is 1080. The van der Waals surface area contributed by atoms with Gasteiger partial charge in [-0.05, 0) is 38.5 Å². The van der Waals surface area contributed by atoms with Crippen LogP contribution in [0.3, 0.4) is 0 Å². The number of hydrogen-bond acceptors (Lipinski definition) is 7. The van der Waals surface area contributed by atoms with Crippen molar-refractivity contribution in [3.8, 4) is 0 Å². The molecule has 0 atom stereocenters. The highest BCUT2D eigenvalue weighted by Crippen LogP contribution is 2.35. The number of amides is 1. The first-order valence-corrected chi connectivity index (χ1v) is 12.0. The minimum atomic E-state index is -0.425. The van der Waals surface area contributed by atoms with Gasteiger partial charge in [-0.15, -0.1) is 22.7 Å².